The van der Waals surface area contributed by atoms with Gasteiger partial charge in [-0.1, -0.05) is 18.2 Å². The zero-order valence-corrected chi connectivity index (χ0v) is 15.8. The van der Waals surface area contributed by atoms with Gasteiger partial charge in [-0.05, 0) is 92.0 Å². The molecule has 1 saturated carbocycles. The molecule has 0 radical (unpaired) electrons. The highest BCUT2D eigenvalue weighted by Crippen LogP contribution is 2.36. The highest BCUT2D eigenvalue weighted by atomic mass is 16.5. The van der Waals surface area contributed by atoms with Gasteiger partial charge in [0.25, 0.3) is 0 Å². The Morgan fingerprint density at radius 1 is 1.15 bits per heavy atom. The maximum Gasteiger partial charge on any atom is 0.140 e. The van der Waals surface area contributed by atoms with Crippen molar-refractivity contribution in [3.8, 4) is 5.75 Å². The molecule has 2 aliphatic carbocycles. The smallest absolute Gasteiger partial charge is 0.140 e. The third kappa shape index (κ3) is 3.78. The normalized spacial score (nSPS) is 25.1. The third-order valence-corrected chi connectivity index (χ3v) is 6.36. The van der Waals surface area contributed by atoms with Gasteiger partial charge in [0.15, 0.2) is 0 Å². The van der Waals surface area contributed by atoms with E-state index in [1.807, 2.05) is 18.3 Å². The van der Waals surface area contributed by atoms with Crippen molar-refractivity contribution in [3.63, 3.8) is 0 Å². The van der Waals surface area contributed by atoms with Gasteiger partial charge < -0.3 is 10.5 Å². The lowest BCUT2D eigenvalue weighted by Crippen LogP contribution is -2.16. The Morgan fingerprint density at radius 3 is 2.88 bits per heavy atom. The molecule has 0 amide bonds. The molecule has 2 aliphatic rings. The fourth-order valence-electron chi connectivity index (χ4n) is 4.81. The summed E-state index contributed by atoms with van der Waals surface area (Å²) in [5, 5.41) is 0. The Balaban J connectivity index is 1.39. The maximum absolute atomic E-state index is 6.11. The van der Waals surface area contributed by atoms with E-state index in [9.17, 15) is 0 Å². The number of hydrogen-bond acceptors (Lipinski definition) is 3. The number of fused-ring (bicyclic) bond motifs is 1. The summed E-state index contributed by atoms with van der Waals surface area (Å²) in [7, 11) is 1.73. The number of methoxy groups -OCH3 is 1. The zero-order valence-electron chi connectivity index (χ0n) is 15.8. The van der Waals surface area contributed by atoms with E-state index in [0.29, 0.717) is 12.0 Å². The van der Waals surface area contributed by atoms with Gasteiger partial charge >= 0.3 is 0 Å². The maximum atomic E-state index is 6.11. The summed E-state index contributed by atoms with van der Waals surface area (Å²) in [6, 6.07) is 11.6. The molecule has 2 unspecified atom stereocenters. The summed E-state index contributed by atoms with van der Waals surface area (Å²) in [5.41, 5.74) is 11.9. The number of benzene rings is 1. The Morgan fingerprint density at radius 2 is 2.08 bits per heavy atom. The summed E-state index contributed by atoms with van der Waals surface area (Å²) in [4.78, 5) is 4.50. The summed E-state index contributed by atoms with van der Waals surface area (Å²) < 4.78 is 5.44. The number of rotatable bonds is 5. The van der Waals surface area contributed by atoms with Crippen LogP contribution in [0.5, 0.6) is 5.75 Å². The Labute approximate surface area is 157 Å². The first-order valence-corrected chi connectivity index (χ1v) is 10.1. The summed E-state index contributed by atoms with van der Waals surface area (Å²) >= 11 is 0. The van der Waals surface area contributed by atoms with E-state index in [1.165, 1.54) is 44.1 Å². The predicted octanol–water partition coefficient (Wildman–Crippen LogP) is 4.42. The molecule has 0 spiro atoms. The van der Waals surface area contributed by atoms with Gasteiger partial charge in [0.2, 0.25) is 0 Å². The number of ether oxygens (including phenoxy) is 1. The van der Waals surface area contributed by atoms with Crippen molar-refractivity contribution in [3.05, 3.63) is 58.9 Å². The fourth-order valence-corrected chi connectivity index (χ4v) is 4.81. The Hall–Kier alpha value is -1.87. The molecule has 1 aromatic heterocycles. The van der Waals surface area contributed by atoms with Crippen LogP contribution in [0.3, 0.4) is 0 Å². The van der Waals surface area contributed by atoms with Gasteiger partial charge in [0.05, 0.1) is 12.8 Å². The average Bonchev–Trinajstić information content (AvgIpc) is 3.12. The molecule has 4 rings (SSSR count). The molecular formula is C23H30N2O. The van der Waals surface area contributed by atoms with Crippen molar-refractivity contribution < 1.29 is 4.74 Å². The molecule has 0 bridgehead atoms. The third-order valence-electron chi connectivity index (χ3n) is 6.36. The van der Waals surface area contributed by atoms with Gasteiger partial charge in [-0.3, -0.25) is 4.98 Å². The van der Waals surface area contributed by atoms with Crippen LogP contribution in [-0.2, 0) is 19.3 Å². The molecule has 0 aliphatic heterocycles. The van der Waals surface area contributed by atoms with Gasteiger partial charge in [0, 0.05) is 12.2 Å². The molecular weight excluding hydrogens is 320 g/mol. The molecule has 1 aromatic carbocycles. The van der Waals surface area contributed by atoms with Crippen molar-refractivity contribution in [1.29, 1.82) is 0 Å². The van der Waals surface area contributed by atoms with Crippen LogP contribution in [0.1, 0.15) is 60.4 Å². The van der Waals surface area contributed by atoms with Crippen LogP contribution in [0.15, 0.2) is 36.5 Å². The van der Waals surface area contributed by atoms with E-state index >= 15 is 0 Å². The van der Waals surface area contributed by atoms with Crippen LogP contribution in [0.2, 0.25) is 0 Å². The average molecular weight is 351 g/mol. The summed E-state index contributed by atoms with van der Waals surface area (Å²) in [6.45, 7) is 0. The fraction of sp³-hybridized carbons (Fsp3) is 0.522. The van der Waals surface area contributed by atoms with Crippen LogP contribution >= 0.6 is 0 Å². The molecule has 2 aromatic rings. The molecule has 0 saturated heterocycles. The zero-order chi connectivity index (χ0) is 17.9. The van der Waals surface area contributed by atoms with E-state index in [0.717, 1.165) is 30.2 Å². The molecule has 2 N–H and O–H groups in total. The first kappa shape index (κ1) is 17.5. The molecule has 3 heteroatoms. The topological polar surface area (TPSA) is 48.1 Å². The molecule has 1 heterocycles. The number of aromatic nitrogens is 1. The number of hydrogen-bond donors (Lipinski definition) is 1. The van der Waals surface area contributed by atoms with Crippen molar-refractivity contribution >= 4 is 0 Å². The Bertz CT molecular complexity index is 758. The van der Waals surface area contributed by atoms with E-state index < -0.39 is 0 Å². The SMILES string of the molecule is COc1cccnc1CC[C@H]1CCc2cc(C3CCC(N)C3)ccc2C1. The number of aryl methyl sites for hydroxylation is 2. The van der Waals surface area contributed by atoms with Crippen LogP contribution in [-0.4, -0.2) is 18.1 Å². The monoisotopic (exact) mass is 350 g/mol. The lowest BCUT2D eigenvalue weighted by molar-refractivity contribution is 0.394. The van der Waals surface area contributed by atoms with Crippen LogP contribution in [0, 0.1) is 5.92 Å². The number of nitrogens with two attached hydrogens (primary N) is 1. The summed E-state index contributed by atoms with van der Waals surface area (Å²) in [5.74, 6) is 2.35. The standard InChI is InChI=1S/C23H30N2O/c1-26-23-3-2-12-25-22(23)11-5-16-4-6-18-14-19(8-7-17(18)13-16)20-9-10-21(24)15-20/h2-3,7-8,12,14,16,20-21H,4-6,9-11,13,15,24H2,1H3/t16-,20?,21?/m1/s1. The Kier molecular flexibility index (Phi) is 5.26. The van der Waals surface area contributed by atoms with Crippen LogP contribution in [0.4, 0.5) is 0 Å². The van der Waals surface area contributed by atoms with Gasteiger partial charge in [-0.2, -0.15) is 0 Å². The highest BCUT2D eigenvalue weighted by Gasteiger charge is 2.25. The number of pyridine rings is 1. The largest absolute Gasteiger partial charge is 0.495 e. The number of nitrogens with zero attached hydrogens (tertiary/aromatic N) is 1. The van der Waals surface area contributed by atoms with Crippen molar-refractivity contribution in [2.75, 3.05) is 7.11 Å². The molecule has 26 heavy (non-hydrogen) atoms. The highest BCUT2D eigenvalue weighted by molar-refractivity contribution is 5.36. The minimum absolute atomic E-state index is 0.406. The van der Waals surface area contributed by atoms with Crippen LogP contribution < -0.4 is 10.5 Å². The first-order valence-electron chi connectivity index (χ1n) is 10.1. The summed E-state index contributed by atoms with van der Waals surface area (Å²) in [6.07, 6.45) is 11.4. The lowest BCUT2D eigenvalue weighted by atomic mass is 9.80. The second-order valence-electron chi connectivity index (χ2n) is 8.10. The second-order valence-corrected chi connectivity index (χ2v) is 8.10. The van der Waals surface area contributed by atoms with Gasteiger partial charge in [-0.15, -0.1) is 0 Å². The molecule has 3 nitrogen and oxygen atoms in total. The minimum Gasteiger partial charge on any atom is -0.495 e. The van der Waals surface area contributed by atoms with E-state index in [1.54, 1.807) is 18.2 Å². The van der Waals surface area contributed by atoms with E-state index in [-0.39, 0.29) is 0 Å². The van der Waals surface area contributed by atoms with Gasteiger partial charge in [0.1, 0.15) is 5.75 Å². The quantitative estimate of drug-likeness (QED) is 0.868. The van der Waals surface area contributed by atoms with Crippen molar-refractivity contribution in [2.24, 2.45) is 11.7 Å². The van der Waals surface area contributed by atoms with E-state index in [2.05, 4.69) is 23.2 Å². The van der Waals surface area contributed by atoms with Crippen LogP contribution in [0.25, 0.3) is 0 Å². The minimum atomic E-state index is 0.406. The van der Waals surface area contributed by atoms with Crippen molar-refractivity contribution in [2.45, 2.75) is 63.3 Å². The molecule has 1 fully saturated rings. The van der Waals surface area contributed by atoms with Gasteiger partial charge in [-0.25, -0.2) is 0 Å². The second kappa shape index (κ2) is 7.79. The van der Waals surface area contributed by atoms with E-state index in [4.69, 9.17) is 10.5 Å². The lowest BCUT2D eigenvalue weighted by Gasteiger charge is -2.26. The first-order chi connectivity index (χ1) is 12.7. The predicted molar refractivity (Wildman–Crippen MR) is 106 cm³/mol. The molecule has 3 atom stereocenters. The molecule has 138 valence electrons. The van der Waals surface area contributed by atoms with Crippen molar-refractivity contribution in [1.82, 2.24) is 4.98 Å².